The maximum Gasteiger partial charge on any atom is 0.248 e. The van der Waals surface area contributed by atoms with Crippen molar-refractivity contribution in [3.8, 4) is 5.75 Å². The van der Waals surface area contributed by atoms with Crippen molar-refractivity contribution in [2.75, 3.05) is 45.7 Å². The summed E-state index contributed by atoms with van der Waals surface area (Å²) in [5.41, 5.74) is 1.12. The second-order valence-corrected chi connectivity index (χ2v) is 9.52. The summed E-state index contributed by atoms with van der Waals surface area (Å²) in [5, 5.41) is 3.60. The predicted octanol–water partition coefficient (Wildman–Crippen LogP) is 3.03. The number of amides is 1. The first-order valence-corrected chi connectivity index (χ1v) is 11.7. The number of furan rings is 1. The average molecular weight is 456 g/mol. The van der Waals surface area contributed by atoms with Crippen molar-refractivity contribution in [3.63, 3.8) is 0 Å². The fourth-order valence-electron chi connectivity index (χ4n) is 3.53. The standard InChI is InChI=1S/C23H25N3O5S/c1-25-12-14-26(15-13-25)32(28,29)20-9-6-18(7-10-20)24-22(27)11-8-19-16-17-4-3-5-21(30-2)23(17)31-19/h3-11,16H,12-15H2,1-2H3,(H,24,27)/b11-8+. The van der Waals surface area contributed by atoms with Crippen LogP contribution < -0.4 is 10.1 Å². The fourth-order valence-corrected chi connectivity index (χ4v) is 4.95. The van der Waals surface area contributed by atoms with Gasteiger partial charge in [-0.05, 0) is 49.5 Å². The van der Waals surface area contributed by atoms with Crippen molar-refractivity contribution >= 4 is 38.7 Å². The van der Waals surface area contributed by atoms with Crippen LogP contribution in [0.25, 0.3) is 17.0 Å². The molecule has 1 N–H and O–H groups in total. The van der Waals surface area contributed by atoms with E-state index in [-0.39, 0.29) is 10.8 Å². The number of carbonyl (C=O) groups excluding carboxylic acids is 1. The zero-order valence-electron chi connectivity index (χ0n) is 17.9. The van der Waals surface area contributed by atoms with E-state index >= 15 is 0 Å². The topological polar surface area (TPSA) is 92.1 Å². The predicted molar refractivity (Wildman–Crippen MR) is 123 cm³/mol. The highest BCUT2D eigenvalue weighted by Crippen LogP contribution is 2.29. The molecule has 0 atom stereocenters. The van der Waals surface area contributed by atoms with Gasteiger partial charge in [-0.3, -0.25) is 4.79 Å². The molecule has 0 spiro atoms. The van der Waals surface area contributed by atoms with Gasteiger partial charge in [-0.25, -0.2) is 8.42 Å². The Morgan fingerprint density at radius 1 is 1.09 bits per heavy atom. The van der Waals surface area contributed by atoms with Crippen LogP contribution in [0.3, 0.4) is 0 Å². The Balaban J connectivity index is 1.41. The Hall–Kier alpha value is -3.14. The van der Waals surface area contributed by atoms with E-state index in [2.05, 4.69) is 10.2 Å². The molecule has 3 aromatic rings. The number of benzene rings is 2. The maximum atomic E-state index is 12.8. The van der Waals surface area contributed by atoms with Crippen LogP contribution in [0.15, 0.2) is 63.9 Å². The number of nitrogens with one attached hydrogen (secondary N) is 1. The zero-order valence-corrected chi connectivity index (χ0v) is 18.8. The number of rotatable bonds is 6. The van der Waals surface area contributed by atoms with Crippen molar-refractivity contribution in [2.24, 2.45) is 0 Å². The molecule has 1 aliphatic rings. The number of fused-ring (bicyclic) bond motifs is 1. The largest absolute Gasteiger partial charge is 0.493 e. The molecule has 0 unspecified atom stereocenters. The molecule has 9 heteroatoms. The summed E-state index contributed by atoms with van der Waals surface area (Å²) in [4.78, 5) is 14.6. The Kier molecular flexibility index (Phi) is 6.31. The summed E-state index contributed by atoms with van der Waals surface area (Å²) in [6, 6.07) is 13.6. The molecule has 0 radical (unpaired) electrons. The number of hydrogen-bond acceptors (Lipinski definition) is 6. The van der Waals surface area contributed by atoms with Gasteiger partial charge in [-0.1, -0.05) is 12.1 Å². The van der Waals surface area contributed by atoms with E-state index in [4.69, 9.17) is 9.15 Å². The molecule has 2 aromatic carbocycles. The van der Waals surface area contributed by atoms with E-state index in [1.165, 1.54) is 22.5 Å². The number of piperazine rings is 1. The number of para-hydroxylation sites is 1. The van der Waals surface area contributed by atoms with E-state index in [1.54, 1.807) is 31.4 Å². The molecule has 0 aliphatic carbocycles. The van der Waals surface area contributed by atoms with Crippen LogP contribution in [-0.4, -0.2) is 63.9 Å². The van der Waals surface area contributed by atoms with Crippen LogP contribution in [0.1, 0.15) is 5.76 Å². The monoisotopic (exact) mass is 455 g/mol. The summed E-state index contributed by atoms with van der Waals surface area (Å²) < 4.78 is 38.1. The van der Waals surface area contributed by atoms with Crippen LogP contribution in [0.2, 0.25) is 0 Å². The summed E-state index contributed by atoms with van der Waals surface area (Å²) in [7, 11) is 0.00627. The van der Waals surface area contributed by atoms with Crippen molar-refractivity contribution < 1.29 is 22.4 Å². The Labute approximate surface area is 187 Å². The fraction of sp³-hybridized carbons (Fsp3) is 0.261. The molecule has 32 heavy (non-hydrogen) atoms. The lowest BCUT2D eigenvalue weighted by molar-refractivity contribution is -0.111. The highest BCUT2D eigenvalue weighted by molar-refractivity contribution is 7.89. The minimum absolute atomic E-state index is 0.215. The van der Waals surface area contributed by atoms with Crippen molar-refractivity contribution in [1.29, 1.82) is 0 Å². The van der Waals surface area contributed by atoms with E-state index in [1.807, 2.05) is 25.2 Å². The number of carbonyl (C=O) groups is 1. The molecular weight excluding hydrogens is 430 g/mol. The van der Waals surface area contributed by atoms with E-state index in [0.29, 0.717) is 49.0 Å². The normalized spacial score (nSPS) is 15.9. The summed E-state index contributed by atoms with van der Waals surface area (Å²) in [6.07, 6.45) is 2.93. The van der Waals surface area contributed by atoms with Gasteiger partial charge >= 0.3 is 0 Å². The van der Waals surface area contributed by atoms with Gasteiger partial charge in [-0.2, -0.15) is 4.31 Å². The third-order valence-electron chi connectivity index (χ3n) is 5.37. The molecule has 1 aromatic heterocycles. The van der Waals surface area contributed by atoms with Gasteiger partial charge < -0.3 is 19.4 Å². The Morgan fingerprint density at radius 2 is 1.81 bits per heavy atom. The number of nitrogens with zero attached hydrogens (tertiary/aromatic N) is 2. The van der Waals surface area contributed by atoms with Gasteiger partial charge in [0.05, 0.1) is 12.0 Å². The van der Waals surface area contributed by atoms with Gasteiger partial charge in [0.1, 0.15) is 5.76 Å². The summed E-state index contributed by atoms with van der Waals surface area (Å²) in [5.74, 6) is 0.790. The van der Waals surface area contributed by atoms with Gasteiger partial charge in [0.2, 0.25) is 15.9 Å². The highest BCUT2D eigenvalue weighted by Gasteiger charge is 2.27. The maximum absolute atomic E-state index is 12.8. The van der Waals surface area contributed by atoms with E-state index < -0.39 is 10.0 Å². The van der Waals surface area contributed by atoms with E-state index in [9.17, 15) is 13.2 Å². The van der Waals surface area contributed by atoms with Gasteiger partial charge in [0.25, 0.3) is 0 Å². The molecule has 2 heterocycles. The Morgan fingerprint density at radius 3 is 2.50 bits per heavy atom. The van der Waals surface area contributed by atoms with Crippen molar-refractivity contribution in [2.45, 2.75) is 4.90 Å². The SMILES string of the molecule is COc1cccc2cc(/C=C/C(=O)Nc3ccc(S(=O)(=O)N4CCN(C)CC4)cc3)oc12. The van der Waals surface area contributed by atoms with Crippen LogP contribution >= 0.6 is 0 Å². The average Bonchev–Trinajstić information content (AvgIpc) is 3.22. The lowest BCUT2D eigenvalue weighted by Gasteiger charge is -2.31. The number of sulfonamides is 1. The first kappa shape index (κ1) is 22.1. The quantitative estimate of drug-likeness (QED) is 0.575. The van der Waals surface area contributed by atoms with Crippen LogP contribution in [0.5, 0.6) is 5.75 Å². The second kappa shape index (κ2) is 9.15. The lowest BCUT2D eigenvalue weighted by Crippen LogP contribution is -2.46. The molecule has 1 saturated heterocycles. The van der Waals surface area contributed by atoms with Crippen molar-refractivity contribution in [3.05, 3.63) is 60.4 Å². The number of anilines is 1. The number of ether oxygens (including phenoxy) is 1. The smallest absolute Gasteiger partial charge is 0.248 e. The third-order valence-corrected chi connectivity index (χ3v) is 7.28. The van der Waals surface area contributed by atoms with Crippen LogP contribution in [0, 0.1) is 0 Å². The highest BCUT2D eigenvalue weighted by atomic mass is 32.2. The first-order valence-electron chi connectivity index (χ1n) is 10.2. The minimum atomic E-state index is -3.54. The molecule has 168 valence electrons. The van der Waals surface area contributed by atoms with Gasteiger partial charge in [0.15, 0.2) is 11.3 Å². The van der Waals surface area contributed by atoms with Crippen molar-refractivity contribution in [1.82, 2.24) is 9.21 Å². The molecule has 4 rings (SSSR count). The lowest BCUT2D eigenvalue weighted by atomic mass is 10.2. The minimum Gasteiger partial charge on any atom is -0.493 e. The second-order valence-electron chi connectivity index (χ2n) is 7.58. The van der Waals surface area contributed by atoms with Gasteiger partial charge in [-0.15, -0.1) is 0 Å². The third kappa shape index (κ3) is 4.69. The molecule has 0 saturated carbocycles. The summed E-state index contributed by atoms with van der Waals surface area (Å²) >= 11 is 0. The number of methoxy groups -OCH3 is 1. The van der Waals surface area contributed by atoms with Gasteiger partial charge in [0, 0.05) is 43.3 Å². The first-order chi connectivity index (χ1) is 15.4. The Bertz CT molecular complexity index is 1240. The molecule has 1 fully saturated rings. The molecule has 8 nitrogen and oxygen atoms in total. The number of hydrogen-bond donors (Lipinski definition) is 1. The molecular formula is C23H25N3O5S. The molecule has 0 bridgehead atoms. The van der Waals surface area contributed by atoms with Crippen LogP contribution in [-0.2, 0) is 14.8 Å². The van der Waals surface area contributed by atoms with Crippen LogP contribution in [0.4, 0.5) is 5.69 Å². The summed E-state index contributed by atoms with van der Waals surface area (Å²) in [6.45, 7) is 2.35. The molecule has 1 aliphatic heterocycles. The molecule has 1 amide bonds. The van der Waals surface area contributed by atoms with E-state index in [0.717, 1.165) is 5.39 Å². The zero-order chi connectivity index (χ0) is 22.7. The number of likely N-dealkylation sites (N-methyl/N-ethyl adjacent to an activating group) is 1.